The van der Waals surface area contributed by atoms with Crippen molar-refractivity contribution in [2.75, 3.05) is 13.1 Å². The van der Waals surface area contributed by atoms with Crippen molar-refractivity contribution in [3.05, 3.63) is 23.8 Å². The number of rotatable bonds is 5. The molecule has 1 aromatic heterocycles. The van der Waals surface area contributed by atoms with Gasteiger partial charge in [-0.3, -0.25) is 14.4 Å². The number of aromatic nitrogens is 2. The highest BCUT2D eigenvalue weighted by Gasteiger charge is 2.47. The number of nitrogens with zero attached hydrogens (tertiary/aromatic N) is 3. The largest absolute Gasteiger partial charge is 0.459 e. The highest BCUT2D eigenvalue weighted by Crippen LogP contribution is 2.35. The van der Waals surface area contributed by atoms with Crippen molar-refractivity contribution < 1.29 is 19.1 Å². The van der Waals surface area contributed by atoms with Gasteiger partial charge in [-0.2, -0.15) is 0 Å². The van der Waals surface area contributed by atoms with Crippen LogP contribution in [0.4, 0.5) is 0 Å². The molecule has 168 valence electrons. The Bertz CT molecular complexity index is 842. The van der Waals surface area contributed by atoms with Crippen LogP contribution in [0.15, 0.2) is 12.5 Å². The molecule has 2 saturated heterocycles. The summed E-state index contributed by atoms with van der Waals surface area (Å²) in [5.41, 5.74) is 0.607. The van der Waals surface area contributed by atoms with Crippen LogP contribution in [0.25, 0.3) is 0 Å². The summed E-state index contributed by atoms with van der Waals surface area (Å²) in [6, 6.07) is 0.255. The number of cyclic esters (lactones) is 1. The van der Waals surface area contributed by atoms with E-state index >= 15 is 0 Å². The summed E-state index contributed by atoms with van der Waals surface area (Å²) in [6.07, 6.45) is 10.1. The number of likely N-dealkylation sites (tertiary alicyclic amines) is 1. The molecule has 2 amide bonds. The summed E-state index contributed by atoms with van der Waals surface area (Å²) in [5.74, 6) is -0.433. The van der Waals surface area contributed by atoms with Gasteiger partial charge in [-0.15, -0.1) is 0 Å². The third-order valence-corrected chi connectivity index (χ3v) is 7.02. The van der Waals surface area contributed by atoms with Crippen molar-refractivity contribution in [2.24, 2.45) is 11.8 Å². The van der Waals surface area contributed by atoms with Crippen LogP contribution in [-0.4, -0.2) is 57.4 Å². The zero-order valence-electron chi connectivity index (χ0n) is 18.4. The Morgan fingerprint density at radius 1 is 1.19 bits per heavy atom. The molecule has 2 aliphatic heterocycles. The quantitative estimate of drug-likeness (QED) is 0.722. The van der Waals surface area contributed by atoms with E-state index < -0.39 is 11.5 Å². The van der Waals surface area contributed by atoms with Gasteiger partial charge < -0.3 is 15.0 Å². The number of ether oxygens (including phenoxy) is 1. The van der Waals surface area contributed by atoms with E-state index in [1.807, 2.05) is 4.90 Å². The number of carbonyl (C=O) groups is 3. The van der Waals surface area contributed by atoms with Crippen LogP contribution in [0.2, 0.25) is 0 Å². The second kappa shape index (κ2) is 8.93. The van der Waals surface area contributed by atoms with Crippen LogP contribution in [0.3, 0.4) is 0 Å². The van der Waals surface area contributed by atoms with Crippen molar-refractivity contribution in [3.8, 4) is 0 Å². The second-order valence-electron chi connectivity index (χ2n) is 9.64. The van der Waals surface area contributed by atoms with Crippen LogP contribution in [0.5, 0.6) is 0 Å². The molecule has 0 radical (unpaired) electrons. The lowest BCUT2D eigenvalue weighted by molar-refractivity contribution is -0.149. The molecule has 1 saturated carbocycles. The Hall–Kier alpha value is -2.51. The van der Waals surface area contributed by atoms with E-state index in [-0.39, 0.29) is 30.2 Å². The third-order valence-electron chi connectivity index (χ3n) is 7.02. The summed E-state index contributed by atoms with van der Waals surface area (Å²) in [4.78, 5) is 47.7. The molecular weight excluding hydrogens is 396 g/mol. The third kappa shape index (κ3) is 4.88. The molecule has 3 heterocycles. The van der Waals surface area contributed by atoms with Crippen LogP contribution in [0.1, 0.15) is 74.8 Å². The smallest absolute Gasteiger partial charge is 0.307 e. The molecular formula is C23H32N4O4. The maximum Gasteiger partial charge on any atom is 0.307 e. The lowest BCUT2D eigenvalue weighted by Gasteiger charge is -2.35. The minimum Gasteiger partial charge on any atom is -0.459 e. The number of nitrogens with one attached hydrogen (secondary N) is 1. The van der Waals surface area contributed by atoms with E-state index in [0.29, 0.717) is 31.0 Å². The number of amides is 2. The molecule has 0 bridgehead atoms. The fourth-order valence-corrected chi connectivity index (χ4v) is 5.10. The summed E-state index contributed by atoms with van der Waals surface area (Å²) in [5, 5.41) is 3.13. The molecule has 0 aromatic carbocycles. The molecule has 0 unspecified atom stereocenters. The summed E-state index contributed by atoms with van der Waals surface area (Å²) < 4.78 is 5.32. The normalized spacial score (nSPS) is 24.3. The second-order valence-corrected chi connectivity index (χ2v) is 9.64. The van der Waals surface area contributed by atoms with Crippen molar-refractivity contribution in [3.63, 3.8) is 0 Å². The van der Waals surface area contributed by atoms with Gasteiger partial charge in [-0.25, -0.2) is 9.97 Å². The molecule has 0 spiro atoms. The molecule has 1 aliphatic carbocycles. The van der Waals surface area contributed by atoms with Crippen LogP contribution in [0, 0.1) is 11.8 Å². The first-order valence-electron chi connectivity index (χ1n) is 11.4. The van der Waals surface area contributed by atoms with Crippen LogP contribution in [-0.2, 0) is 20.7 Å². The maximum atomic E-state index is 13.0. The molecule has 8 heteroatoms. The summed E-state index contributed by atoms with van der Waals surface area (Å²) >= 11 is 0. The van der Waals surface area contributed by atoms with E-state index in [0.717, 1.165) is 31.4 Å². The van der Waals surface area contributed by atoms with Crippen LogP contribution < -0.4 is 5.32 Å². The Labute approximate surface area is 183 Å². The Balaban J connectivity index is 1.33. The SMILES string of the molecule is CC1(C)OC(=O)C[C@@H]1C(=O)N1CCC(Cc2ncncc2C(=O)NC2CCCC2)CC1. The lowest BCUT2D eigenvalue weighted by Crippen LogP contribution is -2.46. The molecule has 1 N–H and O–H groups in total. The fourth-order valence-electron chi connectivity index (χ4n) is 5.10. The summed E-state index contributed by atoms with van der Waals surface area (Å²) in [6.45, 7) is 4.92. The molecule has 1 atom stereocenters. The molecule has 31 heavy (non-hydrogen) atoms. The van der Waals surface area contributed by atoms with E-state index in [1.165, 1.54) is 19.2 Å². The number of carbonyl (C=O) groups excluding carboxylic acids is 3. The van der Waals surface area contributed by atoms with Gasteiger partial charge in [0.2, 0.25) is 5.91 Å². The highest BCUT2D eigenvalue weighted by atomic mass is 16.6. The first-order valence-corrected chi connectivity index (χ1v) is 11.4. The maximum absolute atomic E-state index is 13.0. The number of hydrogen-bond donors (Lipinski definition) is 1. The Kier molecular flexibility index (Phi) is 6.25. The molecule has 4 rings (SSSR count). The van der Waals surface area contributed by atoms with Gasteiger partial charge in [0, 0.05) is 25.3 Å². The van der Waals surface area contributed by atoms with Gasteiger partial charge >= 0.3 is 5.97 Å². The first kappa shape index (κ1) is 21.7. The Morgan fingerprint density at radius 3 is 2.55 bits per heavy atom. The van der Waals surface area contributed by atoms with Crippen molar-refractivity contribution in [1.29, 1.82) is 0 Å². The van der Waals surface area contributed by atoms with E-state index in [2.05, 4.69) is 15.3 Å². The Morgan fingerprint density at radius 2 is 1.90 bits per heavy atom. The predicted molar refractivity (Wildman–Crippen MR) is 113 cm³/mol. The van der Waals surface area contributed by atoms with Crippen molar-refractivity contribution >= 4 is 17.8 Å². The standard InChI is InChI=1S/C23H32N4O4/c1-23(2)18(12-20(28)31-23)22(30)27-9-7-15(8-10-27)11-19-17(13-24-14-25-19)21(29)26-16-5-3-4-6-16/h13-16,18H,3-12H2,1-2H3,(H,26,29)/t18-/m1/s1. The van der Waals surface area contributed by atoms with Gasteiger partial charge in [-0.05, 0) is 51.9 Å². The predicted octanol–water partition coefficient (Wildman–Crippen LogP) is 2.27. The van der Waals surface area contributed by atoms with E-state index in [4.69, 9.17) is 4.74 Å². The molecule has 8 nitrogen and oxygen atoms in total. The van der Waals surface area contributed by atoms with Crippen LogP contribution >= 0.6 is 0 Å². The molecule has 3 aliphatic rings. The topological polar surface area (TPSA) is 101 Å². The minimum absolute atomic E-state index is 0.00738. The first-order chi connectivity index (χ1) is 14.8. The minimum atomic E-state index is -0.743. The zero-order chi connectivity index (χ0) is 22.0. The van der Waals surface area contributed by atoms with Gasteiger partial charge in [0.25, 0.3) is 5.91 Å². The monoisotopic (exact) mass is 428 g/mol. The average molecular weight is 429 g/mol. The van der Waals surface area contributed by atoms with Gasteiger partial charge in [0.15, 0.2) is 0 Å². The van der Waals surface area contributed by atoms with Gasteiger partial charge in [-0.1, -0.05) is 12.8 Å². The fraction of sp³-hybridized carbons (Fsp3) is 0.696. The number of hydrogen-bond acceptors (Lipinski definition) is 6. The summed E-state index contributed by atoms with van der Waals surface area (Å²) in [7, 11) is 0. The highest BCUT2D eigenvalue weighted by molar-refractivity contribution is 5.95. The molecule has 3 fully saturated rings. The van der Waals surface area contributed by atoms with Crippen molar-refractivity contribution in [1.82, 2.24) is 20.2 Å². The average Bonchev–Trinajstić information content (AvgIpc) is 3.34. The molecule has 1 aromatic rings. The van der Waals surface area contributed by atoms with E-state index in [1.54, 1.807) is 20.0 Å². The van der Waals surface area contributed by atoms with Crippen molar-refractivity contribution in [2.45, 2.75) is 76.9 Å². The van der Waals surface area contributed by atoms with E-state index in [9.17, 15) is 14.4 Å². The number of piperidine rings is 1. The zero-order valence-corrected chi connectivity index (χ0v) is 18.4. The van der Waals surface area contributed by atoms with Gasteiger partial charge in [0.1, 0.15) is 11.9 Å². The number of esters is 1. The lowest BCUT2D eigenvalue weighted by atomic mass is 9.87. The van der Waals surface area contributed by atoms with Gasteiger partial charge in [0.05, 0.1) is 23.6 Å².